The molecule has 0 saturated carbocycles. The molecule has 0 bridgehead atoms. The standard InChI is InChI=1S/C13H23NOSi2/c1-16(2,3)12-10-8-7-9-11(12)13(15)14-17(4,5)6/h7-10H,1-6H3,(H,14,15). The van der Waals surface area contributed by atoms with Crippen LogP contribution in [0.2, 0.25) is 39.3 Å². The molecule has 1 rings (SSSR count). The summed E-state index contributed by atoms with van der Waals surface area (Å²) in [4.78, 5) is 15.4. The van der Waals surface area contributed by atoms with Gasteiger partial charge in [-0.2, -0.15) is 0 Å². The molecule has 0 aromatic heterocycles. The van der Waals surface area contributed by atoms with E-state index in [1.165, 1.54) is 5.19 Å². The molecule has 0 fully saturated rings. The van der Waals surface area contributed by atoms with Gasteiger partial charge in [-0.15, -0.1) is 0 Å². The number of rotatable bonds is 3. The van der Waals surface area contributed by atoms with Crippen LogP contribution in [0.3, 0.4) is 0 Å². The predicted octanol–water partition coefficient (Wildman–Crippen LogP) is 2.80. The topological polar surface area (TPSA) is 29.1 Å². The highest BCUT2D eigenvalue weighted by molar-refractivity contribution is 6.89. The molecule has 0 atom stereocenters. The van der Waals surface area contributed by atoms with Gasteiger partial charge in [0.2, 0.25) is 5.91 Å². The second-order valence-electron chi connectivity index (χ2n) is 6.50. The van der Waals surface area contributed by atoms with E-state index in [1.54, 1.807) is 0 Å². The monoisotopic (exact) mass is 265 g/mol. The van der Waals surface area contributed by atoms with Crippen molar-refractivity contribution in [1.29, 1.82) is 0 Å². The number of benzene rings is 1. The molecule has 0 unspecified atom stereocenters. The van der Waals surface area contributed by atoms with Crippen molar-refractivity contribution in [3.8, 4) is 0 Å². The number of amides is 1. The third-order valence-electron chi connectivity index (χ3n) is 2.47. The zero-order chi connectivity index (χ0) is 13.3. The van der Waals surface area contributed by atoms with Crippen molar-refractivity contribution < 1.29 is 4.79 Å². The van der Waals surface area contributed by atoms with Gasteiger partial charge in [0.05, 0.1) is 8.07 Å². The molecule has 0 aliphatic carbocycles. The van der Waals surface area contributed by atoms with E-state index in [0.717, 1.165) is 5.56 Å². The van der Waals surface area contributed by atoms with E-state index in [-0.39, 0.29) is 5.91 Å². The van der Waals surface area contributed by atoms with Crippen LogP contribution in [0.15, 0.2) is 24.3 Å². The van der Waals surface area contributed by atoms with Crippen LogP contribution in [-0.2, 0) is 0 Å². The van der Waals surface area contributed by atoms with Crippen LogP contribution >= 0.6 is 0 Å². The molecule has 0 aliphatic heterocycles. The Kier molecular flexibility index (Phi) is 3.99. The molecule has 0 heterocycles. The lowest BCUT2D eigenvalue weighted by Gasteiger charge is -2.23. The normalized spacial score (nSPS) is 12.4. The van der Waals surface area contributed by atoms with Crippen LogP contribution < -0.4 is 10.2 Å². The van der Waals surface area contributed by atoms with Crippen molar-refractivity contribution in [2.75, 3.05) is 0 Å². The van der Waals surface area contributed by atoms with Crippen LogP contribution in [0.5, 0.6) is 0 Å². The highest BCUT2D eigenvalue weighted by Crippen LogP contribution is 2.08. The first kappa shape index (κ1) is 14.2. The first-order valence-corrected chi connectivity index (χ1v) is 13.0. The summed E-state index contributed by atoms with van der Waals surface area (Å²) in [5, 5.41) is 1.25. The lowest BCUT2D eigenvalue weighted by atomic mass is 10.2. The summed E-state index contributed by atoms with van der Waals surface area (Å²) < 4.78 is 0. The van der Waals surface area contributed by atoms with Gasteiger partial charge in [-0.3, -0.25) is 4.79 Å². The van der Waals surface area contributed by atoms with Gasteiger partial charge < -0.3 is 4.98 Å². The van der Waals surface area contributed by atoms with Crippen LogP contribution in [0.4, 0.5) is 0 Å². The Morgan fingerprint density at radius 1 is 1.00 bits per heavy atom. The van der Waals surface area contributed by atoms with Crippen molar-refractivity contribution in [1.82, 2.24) is 4.98 Å². The van der Waals surface area contributed by atoms with E-state index in [2.05, 4.69) is 50.3 Å². The largest absolute Gasteiger partial charge is 0.378 e. The molecule has 17 heavy (non-hydrogen) atoms. The average Bonchev–Trinajstić information content (AvgIpc) is 2.13. The molecule has 1 N–H and O–H groups in total. The number of hydrogen-bond acceptors (Lipinski definition) is 1. The van der Waals surface area contributed by atoms with Gasteiger partial charge in [-0.25, -0.2) is 0 Å². The third kappa shape index (κ3) is 4.13. The second-order valence-corrected chi connectivity index (χ2v) is 16.3. The fourth-order valence-corrected chi connectivity index (χ4v) is 4.16. The third-order valence-corrected chi connectivity index (χ3v) is 5.50. The Balaban J connectivity index is 3.11. The van der Waals surface area contributed by atoms with Crippen molar-refractivity contribution in [3.63, 3.8) is 0 Å². The highest BCUT2D eigenvalue weighted by atomic mass is 28.3. The quantitative estimate of drug-likeness (QED) is 0.837. The lowest BCUT2D eigenvalue weighted by molar-refractivity contribution is 0.0979. The van der Waals surface area contributed by atoms with Crippen molar-refractivity contribution in [2.45, 2.75) is 39.3 Å². The summed E-state index contributed by atoms with van der Waals surface area (Å²) in [6.07, 6.45) is 0. The van der Waals surface area contributed by atoms with Crippen molar-refractivity contribution in [3.05, 3.63) is 29.8 Å². The van der Waals surface area contributed by atoms with E-state index >= 15 is 0 Å². The summed E-state index contributed by atoms with van der Waals surface area (Å²) in [5.74, 6) is 0.0993. The van der Waals surface area contributed by atoms with Gasteiger partial charge in [-0.1, -0.05) is 57.5 Å². The number of hydrogen-bond donors (Lipinski definition) is 1. The summed E-state index contributed by atoms with van der Waals surface area (Å²) in [6.45, 7) is 13.2. The number of carbonyl (C=O) groups is 1. The number of carbonyl (C=O) groups excluding carboxylic acids is 1. The fraction of sp³-hybridized carbons (Fsp3) is 0.462. The molecule has 2 nitrogen and oxygen atoms in total. The van der Waals surface area contributed by atoms with Gasteiger partial charge in [0, 0.05) is 5.56 Å². The maximum absolute atomic E-state index is 12.3. The summed E-state index contributed by atoms with van der Waals surface area (Å²) >= 11 is 0. The molecule has 0 radical (unpaired) electrons. The lowest BCUT2D eigenvalue weighted by Crippen LogP contribution is -2.49. The molecule has 1 aromatic carbocycles. The zero-order valence-corrected chi connectivity index (χ0v) is 13.7. The van der Waals surface area contributed by atoms with Gasteiger partial charge >= 0.3 is 0 Å². The maximum Gasteiger partial charge on any atom is 0.243 e. The van der Waals surface area contributed by atoms with Gasteiger partial charge in [0.25, 0.3) is 0 Å². The average molecular weight is 266 g/mol. The zero-order valence-electron chi connectivity index (χ0n) is 11.7. The number of nitrogens with one attached hydrogen (secondary N) is 1. The van der Waals surface area contributed by atoms with Crippen molar-refractivity contribution >= 4 is 27.4 Å². The summed E-state index contributed by atoms with van der Waals surface area (Å²) in [5.41, 5.74) is 0.870. The van der Waals surface area contributed by atoms with Gasteiger partial charge in [-0.05, 0) is 11.3 Å². The Bertz CT molecular complexity index is 416. The predicted molar refractivity (Wildman–Crippen MR) is 80.2 cm³/mol. The Labute approximate surface area is 107 Å². The molecule has 0 aliphatic rings. The Morgan fingerprint density at radius 2 is 1.53 bits per heavy atom. The maximum atomic E-state index is 12.3. The first-order valence-electron chi connectivity index (χ1n) is 6.03. The van der Waals surface area contributed by atoms with E-state index < -0.39 is 16.3 Å². The van der Waals surface area contributed by atoms with Crippen LogP contribution in [-0.4, -0.2) is 22.2 Å². The molecule has 0 spiro atoms. The van der Waals surface area contributed by atoms with Crippen LogP contribution in [0.1, 0.15) is 10.4 Å². The van der Waals surface area contributed by atoms with Gasteiger partial charge in [0.1, 0.15) is 8.24 Å². The highest BCUT2D eigenvalue weighted by Gasteiger charge is 2.25. The minimum absolute atomic E-state index is 0.0993. The fourth-order valence-electron chi connectivity index (χ4n) is 1.74. The molecule has 94 valence electrons. The molecule has 1 amide bonds. The minimum atomic E-state index is -1.57. The molecular formula is C13H23NOSi2. The van der Waals surface area contributed by atoms with Crippen LogP contribution in [0, 0.1) is 0 Å². The Morgan fingerprint density at radius 3 is 2.00 bits per heavy atom. The molecular weight excluding hydrogens is 242 g/mol. The van der Waals surface area contributed by atoms with E-state index in [0.29, 0.717) is 0 Å². The molecule has 0 saturated heterocycles. The van der Waals surface area contributed by atoms with Crippen LogP contribution in [0.25, 0.3) is 0 Å². The second kappa shape index (κ2) is 4.78. The molecule has 4 heteroatoms. The minimum Gasteiger partial charge on any atom is -0.378 e. The Hall–Kier alpha value is -0.876. The van der Waals surface area contributed by atoms with E-state index in [1.807, 2.05) is 18.2 Å². The summed E-state index contributed by atoms with van der Waals surface area (Å²) in [7, 11) is -3.03. The summed E-state index contributed by atoms with van der Waals surface area (Å²) in [6, 6.07) is 8.02. The van der Waals surface area contributed by atoms with Crippen molar-refractivity contribution in [2.24, 2.45) is 0 Å². The first-order chi connectivity index (χ1) is 7.61. The SMILES string of the molecule is C[Si](C)(C)NC(=O)c1ccccc1[Si](C)(C)C. The van der Waals surface area contributed by atoms with Gasteiger partial charge in [0.15, 0.2) is 0 Å². The smallest absolute Gasteiger partial charge is 0.243 e. The molecule has 1 aromatic rings. The van der Waals surface area contributed by atoms with E-state index in [9.17, 15) is 4.79 Å². The van der Waals surface area contributed by atoms with E-state index in [4.69, 9.17) is 0 Å².